The van der Waals surface area contributed by atoms with E-state index in [9.17, 15) is 29.7 Å². The van der Waals surface area contributed by atoms with Crippen molar-refractivity contribution in [1.29, 1.82) is 0 Å². The molecule has 40 heavy (non-hydrogen) atoms. The van der Waals surface area contributed by atoms with Gasteiger partial charge in [0.15, 0.2) is 12.2 Å². The molecule has 0 radical (unpaired) electrons. The molecule has 218 valence electrons. The van der Waals surface area contributed by atoms with Crippen molar-refractivity contribution >= 4 is 17.9 Å². The molecule has 4 saturated heterocycles. The molecule has 5 heterocycles. The van der Waals surface area contributed by atoms with E-state index < -0.39 is 76.1 Å². The molecule has 3 saturated carbocycles. The van der Waals surface area contributed by atoms with Gasteiger partial charge in [-0.2, -0.15) is 0 Å². The number of hydrogen-bond donors (Lipinski definition) is 3. The highest BCUT2D eigenvalue weighted by molar-refractivity contribution is 5.85. The van der Waals surface area contributed by atoms with E-state index in [4.69, 9.17) is 23.7 Å². The lowest BCUT2D eigenvalue weighted by atomic mass is 9.40. The van der Waals surface area contributed by atoms with Gasteiger partial charge in [0.2, 0.25) is 0 Å². The van der Waals surface area contributed by atoms with Crippen LogP contribution in [0.1, 0.15) is 58.8 Å². The smallest absolute Gasteiger partial charge is 0.338 e. The van der Waals surface area contributed by atoms with Crippen LogP contribution in [0.4, 0.5) is 0 Å². The van der Waals surface area contributed by atoms with Crippen LogP contribution < -0.4 is 0 Å². The Morgan fingerprint density at radius 3 is 2.60 bits per heavy atom. The molecule has 3 aliphatic carbocycles. The highest BCUT2D eigenvalue weighted by Gasteiger charge is 2.83. The maximum absolute atomic E-state index is 13.3. The molecular weight excluding hydrogens is 524 g/mol. The van der Waals surface area contributed by atoms with Crippen molar-refractivity contribution in [3.63, 3.8) is 0 Å². The van der Waals surface area contributed by atoms with E-state index >= 15 is 0 Å². The van der Waals surface area contributed by atoms with Crippen molar-refractivity contribution in [1.82, 2.24) is 0 Å². The van der Waals surface area contributed by atoms with E-state index in [0.29, 0.717) is 37.7 Å². The minimum absolute atomic E-state index is 0.114. The first kappa shape index (κ1) is 26.6. The van der Waals surface area contributed by atoms with Gasteiger partial charge in [0.1, 0.15) is 23.9 Å². The van der Waals surface area contributed by atoms with Crippen LogP contribution in [0, 0.1) is 16.7 Å². The van der Waals surface area contributed by atoms with Crippen LogP contribution in [-0.2, 0) is 38.1 Å². The minimum atomic E-state index is -1.54. The molecule has 0 aromatic rings. The van der Waals surface area contributed by atoms with Crippen molar-refractivity contribution in [3.8, 4) is 0 Å². The third kappa shape index (κ3) is 3.15. The van der Waals surface area contributed by atoms with Gasteiger partial charge in [-0.05, 0) is 51.0 Å². The van der Waals surface area contributed by atoms with Crippen LogP contribution in [0.25, 0.3) is 0 Å². The minimum Gasteiger partial charge on any atom is -0.462 e. The highest BCUT2D eigenvalue weighted by Crippen LogP contribution is 2.74. The largest absolute Gasteiger partial charge is 0.462 e. The van der Waals surface area contributed by atoms with Gasteiger partial charge >= 0.3 is 17.9 Å². The average molecular weight is 561 g/mol. The van der Waals surface area contributed by atoms with Gasteiger partial charge in [0.05, 0.1) is 24.4 Å². The Kier molecular flexibility index (Phi) is 5.57. The zero-order chi connectivity index (χ0) is 28.3. The van der Waals surface area contributed by atoms with E-state index in [1.807, 2.05) is 6.92 Å². The predicted molar refractivity (Wildman–Crippen MR) is 133 cm³/mol. The van der Waals surface area contributed by atoms with Gasteiger partial charge in [0, 0.05) is 35.3 Å². The van der Waals surface area contributed by atoms with E-state index in [1.54, 1.807) is 13.0 Å². The Morgan fingerprint density at radius 1 is 1.00 bits per heavy atom. The quantitative estimate of drug-likeness (QED) is 0.282. The third-order valence-corrected chi connectivity index (χ3v) is 11.6. The number of carbonyl (C=O) groups is 3. The lowest BCUT2D eigenvalue weighted by molar-refractivity contribution is -0.377. The van der Waals surface area contributed by atoms with Gasteiger partial charge in [-0.15, -0.1) is 0 Å². The van der Waals surface area contributed by atoms with Gasteiger partial charge in [0.25, 0.3) is 0 Å². The Balaban J connectivity index is 1.30. The summed E-state index contributed by atoms with van der Waals surface area (Å²) in [6, 6.07) is 0. The lowest BCUT2D eigenvalue weighted by Gasteiger charge is -2.71. The van der Waals surface area contributed by atoms with Crippen LogP contribution in [0.2, 0.25) is 0 Å². The molecule has 8 aliphatic rings. The second-order valence-corrected chi connectivity index (χ2v) is 13.2. The summed E-state index contributed by atoms with van der Waals surface area (Å²) < 4.78 is 29.8. The standard InChI is InChI=1S/C29H36O11/c1-25(34)8-9-27-14-36-20(31)11-15-6-10-37-28(21(32)24(33)40-22(15)28)7-4-3-5-19(30)38-17-12-18-29(35,26(17,27)2)13-16(25)23(27)39-18/h3,5,11,16-18,21-23,32,34-35H,4,6-10,12-14H2,1-2H3/b5-3-,15-11+/t16-,17+,18+,21-,22+,23+,25-,26+,27+,28-,29-/m0/s1. The summed E-state index contributed by atoms with van der Waals surface area (Å²) in [6.07, 6.45) is 2.09. The predicted octanol–water partition coefficient (Wildman–Crippen LogP) is 0.623. The van der Waals surface area contributed by atoms with Gasteiger partial charge in [-0.25, -0.2) is 14.4 Å². The zero-order valence-electron chi connectivity index (χ0n) is 22.7. The Bertz CT molecular complexity index is 1220. The van der Waals surface area contributed by atoms with Gasteiger partial charge in [-0.3, -0.25) is 0 Å². The molecule has 0 unspecified atom stereocenters. The monoisotopic (exact) mass is 560 g/mol. The van der Waals surface area contributed by atoms with Crippen molar-refractivity contribution in [2.75, 3.05) is 13.2 Å². The summed E-state index contributed by atoms with van der Waals surface area (Å²) in [6.45, 7) is 3.71. The van der Waals surface area contributed by atoms with Crippen molar-refractivity contribution < 1.29 is 53.4 Å². The molecule has 0 amide bonds. The Hall–Kier alpha value is -2.31. The topological polar surface area (TPSA) is 158 Å². The molecule has 8 rings (SSSR count). The molecule has 8 bridgehead atoms. The van der Waals surface area contributed by atoms with E-state index in [1.165, 1.54) is 12.2 Å². The number of aliphatic hydroxyl groups is 3. The third-order valence-electron chi connectivity index (χ3n) is 11.6. The molecule has 5 aliphatic heterocycles. The summed E-state index contributed by atoms with van der Waals surface area (Å²) in [5.74, 6) is -2.46. The molecule has 11 heteroatoms. The fraction of sp³-hybridized carbons (Fsp3) is 0.759. The van der Waals surface area contributed by atoms with Crippen LogP contribution in [0.5, 0.6) is 0 Å². The number of hydrogen-bond acceptors (Lipinski definition) is 11. The van der Waals surface area contributed by atoms with Gasteiger partial charge in [-0.1, -0.05) is 13.0 Å². The SMILES string of the molecule is C[C@]12[C@H]3C[C@H]4O[C@@H]5[C@H](C[C@]41O)[C@@](C)(O)CC[C@@]52COC(=O)/C=C1\CCO[C@]2(CC/C=C\C(=O)O3)[C@@H]1OC(=O)[C@@H]2O. The Labute approximate surface area is 231 Å². The molecular formula is C29H36O11. The number of rotatable bonds is 0. The van der Waals surface area contributed by atoms with E-state index in [0.717, 1.165) is 0 Å². The van der Waals surface area contributed by atoms with Crippen molar-refractivity contribution in [2.24, 2.45) is 16.7 Å². The van der Waals surface area contributed by atoms with E-state index in [-0.39, 0.29) is 32.0 Å². The number of carbonyl (C=O) groups excluding carboxylic acids is 3. The number of cyclic esters (lactones) is 1. The molecule has 11 nitrogen and oxygen atoms in total. The van der Waals surface area contributed by atoms with Crippen molar-refractivity contribution in [3.05, 3.63) is 23.8 Å². The van der Waals surface area contributed by atoms with Crippen LogP contribution in [0.3, 0.4) is 0 Å². The van der Waals surface area contributed by atoms with Crippen LogP contribution in [-0.4, -0.2) is 93.8 Å². The average Bonchev–Trinajstić information content (AvgIpc) is 3.24. The summed E-state index contributed by atoms with van der Waals surface area (Å²) in [5.41, 5.74) is -5.27. The molecule has 11 atom stereocenters. The second kappa shape index (κ2) is 8.38. The first-order valence-electron chi connectivity index (χ1n) is 14.3. The van der Waals surface area contributed by atoms with Gasteiger partial charge < -0.3 is 39.0 Å². The highest BCUT2D eigenvalue weighted by atomic mass is 16.6. The summed E-state index contributed by atoms with van der Waals surface area (Å²) in [4.78, 5) is 38.8. The van der Waals surface area contributed by atoms with E-state index in [2.05, 4.69) is 0 Å². The molecule has 0 aromatic carbocycles. The second-order valence-electron chi connectivity index (χ2n) is 13.2. The maximum Gasteiger partial charge on any atom is 0.338 e. The fourth-order valence-electron chi connectivity index (χ4n) is 9.31. The van der Waals surface area contributed by atoms with Crippen LogP contribution in [0.15, 0.2) is 23.8 Å². The van der Waals surface area contributed by atoms with Crippen LogP contribution >= 0.6 is 0 Å². The van der Waals surface area contributed by atoms with Crippen molar-refractivity contribution in [2.45, 2.75) is 106 Å². The zero-order valence-corrected chi connectivity index (χ0v) is 22.7. The lowest BCUT2D eigenvalue weighted by Crippen LogP contribution is -2.80. The fourth-order valence-corrected chi connectivity index (χ4v) is 9.31. The molecule has 3 N–H and O–H groups in total. The maximum atomic E-state index is 13.3. The molecule has 0 aromatic heterocycles. The number of allylic oxidation sites excluding steroid dienone is 1. The number of aliphatic hydroxyl groups excluding tert-OH is 1. The molecule has 1 spiro atoms. The summed E-state index contributed by atoms with van der Waals surface area (Å²) in [7, 11) is 0. The summed E-state index contributed by atoms with van der Waals surface area (Å²) in [5, 5.41) is 34.2. The normalized spacial score (nSPS) is 55.4. The summed E-state index contributed by atoms with van der Waals surface area (Å²) >= 11 is 0. The Morgan fingerprint density at radius 2 is 1.80 bits per heavy atom. The number of esters is 3. The first-order chi connectivity index (χ1) is 18.9. The first-order valence-corrected chi connectivity index (χ1v) is 14.3. The number of ether oxygens (including phenoxy) is 5. The molecule has 7 fully saturated rings.